The predicted molar refractivity (Wildman–Crippen MR) is 75.5 cm³/mol. The van der Waals surface area contributed by atoms with Gasteiger partial charge >= 0.3 is 0 Å². The number of hydrogen-bond acceptors (Lipinski definition) is 2. The zero-order valence-corrected chi connectivity index (χ0v) is 12.6. The van der Waals surface area contributed by atoms with Crippen LogP contribution in [-0.2, 0) is 9.59 Å². The maximum Gasteiger partial charge on any atom is 0.230 e. The van der Waals surface area contributed by atoms with Gasteiger partial charge in [-0.1, -0.05) is 33.6 Å². The van der Waals surface area contributed by atoms with Crippen molar-refractivity contribution in [2.24, 2.45) is 16.7 Å². The minimum absolute atomic E-state index is 0.0159. The maximum atomic E-state index is 12.2. The predicted octanol–water partition coefficient (Wildman–Crippen LogP) is 3.43. The van der Waals surface area contributed by atoms with Crippen LogP contribution in [0.4, 0.5) is 0 Å². The van der Waals surface area contributed by atoms with Crippen LogP contribution in [0.15, 0.2) is 0 Å². The van der Waals surface area contributed by atoms with Gasteiger partial charge in [-0.25, -0.2) is 0 Å². The number of carbonyl (C=O) groups is 2. The highest BCUT2D eigenvalue weighted by molar-refractivity contribution is 5.99. The summed E-state index contributed by atoms with van der Waals surface area (Å²) in [5, 5.41) is 2.55. The Kier molecular flexibility index (Phi) is 4.03. The van der Waals surface area contributed by atoms with Gasteiger partial charge in [-0.05, 0) is 42.9 Å². The van der Waals surface area contributed by atoms with Gasteiger partial charge in [0.15, 0.2) is 0 Å². The third kappa shape index (κ3) is 3.01. The molecule has 0 bridgehead atoms. The molecule has 0 aromatic heterocycles. The van der Waals surface area contributed by atoms with Crippen LogP contribution in [0.25, 0.3) is 0 Å². The van der Waals surface area contributed by atoms with E-state index in [2.05, 4.69) is 26.1 Å². The second-order valence-corrected chi connectivity index (χ2v) is 7.31. The van der Waals surface area contributed by atoms with Crippen molar-refractivity contribution in [2.45, 2.75) is 72.1 Å². The smallest absolute Gasteiger partial charge is 0.230 e. The zero-order chi connectivity index (χ0) is 14.1. The molecule has 0 aromatic rings. The quantitative estimate of drug-likeness (QED) is 0.778. The van der Waals surface area contributed by atoms with E-state index in [4.69, 9.17) is 0 Å². The fourth-order valence-corrected chi connectivity index (χ4v) is 4.00. The molecular weight excluding hydrogens is 238 g/mol. The molecule has 2 unspecified atom stereocenters. The molecule has 3 heteroatoms. The molecule has 2 aliphatic rings. The molecule has 0 aromatic carbocycles. The van der Waals surface area contributed by atoms with Gasteiger partial charge < -0.3 is 0 Å². The van der Waals surface area contributed by atoms with E-state index < -0.39 is 0 Å². The van der Waals surface area contributed by atoms with Crippen LogP contribution >= 0.6 is 0 Å². The van der Waals surface area contributed by atoms with Crippen LogP contribution in [0.3, 0.4) is 0 Å². The monoisotopic (exact) mass is 265 g/mol. The lowest BCUT2D eigenvalue weighted by Gasteiger charge is -2.42. The average Bonchev–Trinajstić information content (AvgIpc) is 2.44. The second-order valence-electron chi connectivity index (χ2n) is 7.31. The molecule has 2 fully saturated rings. The van der Waals surface area contributed by atoms with Crippen molar-refractivity contribution in [3.05, 3.63) is 0 Å². The summed E-state index contributed by atoms with van der Waals surface area (Å²) in [5.74, 6) is -0.0287. The van der Waals surface area contributed by atoms with Crippen molar-refractivity contribution in [3.63, 3.8) is 0 Å². The topological polar surface area (TPSA) is 46.2 Å². The summed E-state index contributed by atoms with van der Waals surface area (Å²) in [6, 6.07) is 0. The van der Waals surface area contributed by atoms with Crippen LogP contribution in [0.1, 0.15) is 72.1 Å². The van der Waals surface area contributed by atoms with E-state index in [1.165, 1.54) is 6.42 Å². The van der Waals surface area contributed by atoms with Gasteiger partial charge in [0, 0.05) is 12.3 Å². The molecule has 1 aliphatic carbocycles. The first-order valence-electron chi connectivity index (χ1n) is 7.72. The van der Waals surface area contributed by atoms with Crippen molar-refractivity contribution < 1.29 is 9.59 Å². The Morgan fingerprint density at radius 1 is 1.16 bits per heavy atom. The third-order valence-electron chi connectivity index (χ3n) is 5.24. The first kappa shape index (κ1) is 14.5. The number of piperidine rings is 1. The van der Waals surface area contributed by atoms with Gasteiger partial charge in [-0.15, -0.1) is 0 Å². The number of amides is 2. The highest BCUT2D eigenvalue weighted by atomic mass is 16.2. The van der Waals surface area contributed by atoms with Gasteiger partial charge in [-0.3, -0.25) is 14.9 Å². The summed E-state index contributed by atoms with van der Waals surface area (Å²) in [6.45, 7) is 6.75. The van der Waals surface area contributed by atoms with Crippen molar-refractivity contribution in [1.82, 2.24) is 5.32 Å². The molecule has 1 aliphatic heterocycles. The largest absolute Gasteiger partial charge is 0.296 e. The zero-order valence-electron chi connectivity index (χ0n) is 12.6. The lowest BCUT2D eigenvalue weighted by molar-refractivity contribution is -0.145. The minimum Gasteiger partial charge on any atom is -0.296 e. The molecule has 108 valence electrons. The number of hydrogen-bond donors (Lipinski definition) is 1. The maximum absolute atomic E-state index is 12.2. The van der Waals surface area contributed by atoms with Crippen LogP contribution in [0, 0.1) is 16.7 Å². The van der Waals surface area contributed by atoms with E-state index >= 15 is 0 Å². The van der Waals surface area contributed by atoms with E-state index in [0.717, 1.165) is 38.5 Å². The van der Waals surface area contributed by atoms with E-state index in [1.807, 2.05) is 0 Å². The van der Waals surface area contributed by atoms with E-state index in [-0.39, 0.29) is 23.1 Å². The SMILES string of the molecule is CCCC1C(=O)NC(=O)CC12CCCC(C)(C)CC2. The summed E-state index contributed by atoms with van der Waals surface area (Å²) in [5.41, 5.74) is 0.306. The van der Waals surface area contributed by atoms with Crippen LogP contribution < -0.4 is 5.32 Å². The highest BCUT2D eigenvalue weighted by Gasteiger charge is 2.48. The van der Waals surface area contributed by atoms with Crippen molar-refractivity contribution in [2.75, 3.05) is 0 Å². The molecule has 1 spiro atoms. The molecule has 2 amide bonds. The standard InChI is InChI=1S/C16H27NO2/c1-4-6-12-14(19)17-13(18)11-16(12)8-5-7-15(2,3)9-10-16/h12H,4-11H2,1-3H3,(H,17,18,19). The second kappa shape index (κ2) is 5.26. The summed E-state index contributed by atoms with van der Waals surface area (Å²) in [4.78, 5) is 24.0. The highest BCUT2D eigenvalue weighted by Crippen LogP contribution is 2.51. The Morgan fingerprint density at radius 3 is 2.58 bits per heavy atom. The van der Waals surface area contributed by atoms with Crippen LogP contribution in [0.2, 0.25) is 0 Å². The first-order valence-corrected chi connectivity index (χ1v) is 7.72. The fraction of sp³-hybridized carbons (Fsp3) is 0.875. The van der Waals surface area contributed by atoms with Gasteiger partial charge in [0.25, 0.3) is 0 Å². The number of imide groups is 1. The molecule has 3 nitrogen and oxygen atoms in total. The Labute approximate surface area is 116 Å². The van der Waals surface area contributed by atoms with Crippen molar-refractivity contribution in [1.29, 1.82) is 0 Å². The molecule has 2 rings (SSSR count). The number of carbonyl (C=O) groups excluding carboxylic acids is 2. The molecule has 1 saturated carbocycles. The van der Waals surface area contributed by atoms with Gasteiger partial charge in [0.2, 0.25) is 11.8 Å². The van der Waals surface area contributed by atoms with Gasteiger partial charge in [0.05, 0.1) is 0 Å². The summed E-state index contributed by atoms with van der Waals surface area (Å²) >= 11 is 0. The van der Waals surface area contributed by atoms with Gasteiger partial charge in [-0.2, -0.15) is 0 Å². The van der Waals surface area contributed by atoms with Crippen LogP contribution in [0.5, 0.6) is 0 Å². The Morgan fingerprint density at radius 2 is 1.89 bits per heavy atom. The summed E-state index contributed by atoms with van der Waals surface area (Å²) in [6.07, 6.45) is 8.05. The van der Waals surface area contributed by atoms with Crippen molar-refractivity contribution in [3.8, 4) is 0 Å². The molecule has 2 atom stereocenters. The average molecular weight is 265 g/mol. The Balaban J connectivity index is 2.25. The Bertz CT molecular complexity index is 375. The lowest BCUT2D eigenvalue weighted by Crippen LogP contribution is -2.52. The minimum atomic E-state index is -0.0583. The van der Waals surface area contributed by atoms with E-state index in [9.17, 15) is 9.59 Å². The molecule has 1 saturated heterocycles. The first-order chi connectivity index (χ1) is 8.88. The molecular formula is C16H27NO2. The molecule has 0 radical (unpaired) electrons. The van der Waals surface area contributed by atoms with Gasteiger partial charge in [0.1, 0.15) is 0 Å². The number of rotatable bonds is 2. The lowest BCUT2D eigenvalue weighted by atomic mass is 9.63. The molecule has 1 heterocycles. The van der Waals surface area contributed by atoms with E-state index in [0.29, 0.717) is 11.8 Å². The number of nitrogens with one attached hydrogen (secondary N) is 1. The summed E-state index contributed by atoms with van der Waals surface area (Å²) in [7, 11) is 0. The molecule has 1 N–H and O–H groups in total. The normalized spacial score (nSPS) is 35.0. The molecule has 19 heavy (non-hydrogen) atoms. The summed E-state index contributed by atoms with van der Waals surface area (Å²) < 4.78 is 0. The Hall–Kier alpha value is -0.860. The van der Waals surface area contributed by atoms with Crippen molar-refractivity contribution >= 4 is 11.8 Å². The van der Waals surface area contributed by atoms with E-state index in [1.54, 1.807) is 0 Å². The van der Waals surface area contributed by atoms with Crippen LogP contribution in [-0.4, -0.2) is 11.8 Å². The fourth-order valence-electron chi connectivity index (χ4n) is 4.00. The third-order valence-corrected chi connectivity index (χ3v) is 5.24.